The third kappa shape index (κ3) is 2.00. The molecule has 1 N–H and O–H groups in total. The molecule has 0 radical (unpaired) electrons. The van der Waals surface area contributed by atoms with Gasteiger partial charge >= 0.3 is 0 Å². The molecule has 1 aromatic rings. The molecule has 1 fully saturated rings. The Kier molecular flexibility index (Phi) is 2.96. The predicted octanol–water partition coefficient (Wildman–Crippen LogP) is 2.73. The van der Waals surface area contributed by atoms with E-state index in [0.717, 1.165) is 5.56 Å². The second-order valence-electron chi connectivity index (χ2n) is 4.43. The molecule has 0 spiro atoms. The number of para-hydroxylation sites is 1. The third-order valence-electron chi connectivity index (χ3n) is 3.39. The van der Waals surface area contributed by atoms with E-state index in [-0.39, 0.29) is 6.10 Å². The van der Waals surface area contributed by atoms with Gasteiger partial charge in [0.1, 0.15) is 0 Å². The van der Waals surface area contributed by atoms with Gasteiger partial charge in [-0.15, -0.1) is 0 Å². The number of nitrogens with zero attached hydrogens (tertiary/aromatic N) is 1. The molecule has 0 aliphatic heterocycles. The molecule has 0 unspecified atom stereocenters. The van der Waals surface area contributed by atoms with E-state index in [2.05, 4.69) is 18.0 Å². The van der Waals surface area contributed by atoms with E-state index >= 15 is 0 Å². The van der Waals surface area contributed by atoms with Gasteiger partial charge in [-0.25, -0.2) is 0 Å². The van der Waals surface area contributed by atoms with Crippen LogP contribution < -0.4 is 4.90 Å². The van der Waals surface area contributed by atoms with E-state index in [1.54, 1.807) is 0 Å². The van der Waals surface area contributed by atoms with Crippen molar-refractivity contribution in [2.75, 3.05) is 11.9 Å². The molecule has 82 valence electrons. The third-order valence-corrected chi connectivity index (χ3v) is 3.39. The second kappa shape index (κ2) is 4.23. The Morgan fingerprint density at radius 3 is 2.53 bits per heavy atom. The van der Waals surface area contributed by atoms with Crippen LogP contribution in [-0.2, 0) is 0 Å². The fourth-order valence-electron chi connectivity index (χ4n) is 2.13. The first-order valence-corrected chi connectivity index (χ1v) is 5.70. The Bertz CT molecular complexity index is 331. The molecule has 1 aromatic carbocycles. The van der Waals surface area contributed by atoms with E-state index in [1.165, 1.54) is 24.9 Å². The van der Waals surface area contributed by atoms with Crippen LogP contribution in [0.5, 0.6) is 0 Å². The molecular formula is C13H19NO. The predicted molar refractivity (Wildman–Crippen MR) is 63.1 cm³/mol. The summed E-state index contributed by atoms with van der Waals surface area (Å²) in [7, 11) is 2.13. The molecule has 2 nitrogen and oxygen atoms in total. The molecule has 1 aliphatic rings. The lowest BCUT2D eigenvalue weighted by Gasteiger charge is -2.37. The first-order chi connectivity index (χ1) is 7.20. The van der Waals surface area contributed by atoms with E-state index < -0.39 is 0 Å². The molecular weight excluding hydrogens is 186 g/mol. The SMILES string of the molecule is C[C@H](O)c1ccccc1N(C)C1CCC1. The summed E-state index contributed by atoms with van der Waals surface area (Å²) in [4.78, 5) is 2.31. The molecule has 0 aromatic heterocycles. The van der Waals surface area contributed by atoms with E-state index in [9.17, 15) is 5.11 Å². The summed E-state index contributed by atoms with van der Waals surface area (Å²) in [6.45, 7) is 1.83. The van der Waals surface area contributed by atoms with Gasteiger partial charge in [0.2, 0.25) is 0 Å². The average molecular weight is 205 g/mol. The minimum atomic E-state index is -0.385. The van der Waals surface area contributed by atoms with Crippen molar-refractivity contribution in [2.24, 2.45) is 0 Å². The quantitative estimate of drug-likeness (QED) is 0.820. The van der Waals surface area contributed by atoms with E-state index in [1.807, 2.05) is 25.1 Å². The Morgan fingerprint density at radius 2 is 2.00 bits per heavy atom. The van der Waals surface area contributed by atoms with Crippen molar-refractivity contribution in [3.05, 3.63) is 29.8 Å². The summed E-state index contributed by atoms with van der Waals surface area (Å²) in [6, 6.07) is 8.80. The van der Waals surface area contributed by atoms with Gasteiger partial charge in [-0.3, -0.25) is 0 Å². The molecule has 2 heteroatoms. The van der Waals surface area contributed by atoms with Crippen molar-refractivity contribution in [1.82, 2.24) is 0 Å². The first kappa shape index (κ1) is 10.5. The Morgan fingerprint density at radius 1 is 1.33 bits per heavy atom. The zero-order valence-corrected chi connectivity index (χ0v) is 9.48. The van der Waals surface area contributed by atoms with Crippen LogP contribution in [0.3, 0.4) is 0 Å². The van der Waals surface area contributed by atoms with E-state index in [0.29, 0.717) is 6.04 Å². The van der Waals surface area contributed by atoms with Gasteiger partial charge in [-0.05, 0) is 32.3 Å². The highest BCUT2D eigenvalue weighted by atomic mass is 16.3. The van der Waals surface area contributed by atoms with Crippen molar-refractivity contribution in [2.45, 2.75) is 38.3 Å². The maximum atomic E-state index is 9.70. The number of rotatable bonds is 3. The topological polar surface area (TPSA) is 23.5 Å². The van der Waals surface area contributed by atoms with Gasteiger partial charge in [0, 0.05) is 24.3 Å². The van der Waals surface area contributed by atoms with Gasteiger partial charge in [-0.2, -0.15) is 0 Å². The largest absolute Gasteiger partial charge is 0.389 e. The normalized spacial score (nSPS) is 18.3. The van der Waals surface area contributed by atoms with Gasteiger partial charge in [0.05, 0.1) is 6.10 Å². The molecule has 1 aliphatic carbocycles. The highest BCUT2D eigenvalue weighted by molar-refractivity contribution is 5.55. The van der Waals surface area contributed by atoms with Crippen LogP contribution in [0.15, 0.2) is 24.3 Å². The summed E-state index contributed by atoms with van der Waals surface area (Å²) in [5.41, 5.74) is 2.21. The van der Waals surface area contributed by atoms with Gasteiger partial charge in [-0.1, -0.05) is 18.2 Å². The summed E-state index contributed by atoms with van der Waals surface area (Å²) in [5.74, 6) is 0. The Balaban J connectivity index is 2.25. The molecule has 0 heterocycles. The number of hydrogen-bond donors (Lipinski definition) is 1. The van der Waals surface area contributed by atoms with Crippen molar-refractivity contribution in [3.8, 4) is 0 Å². The minimum Gasteiger partial charge on any atom is -0.389 e. The maximum absolute atomic E-state index is 9.70. The fraction of sp³-hybridized carbons (Fsp3) is 0.538. The lowest BCUT2D eigenvalue weighted by Crippen LogP contribution is -2.37. The zero-order chi connectivity index (χ0) is 10.8. The molecule has 15 heavy (non-hydrogen) atoms. The average Bonchev–Trinajstić information content (AvgIpc) is 2.15. The number of aliphatic hydroxyl groups is 1. The smallest absolute Gasteiger partial charge is 0.0781 e. The molecule has 1 saturated carbocycles. The Hall–Kier alpha value is -1.02. The summed E-state index contributed by atoms with van der Waals surface area (Å²) in [6.07, 6.45) is 3.52. The lowest BCUT2D eigenvalue weighted by molar-refractivity contribution is 0.199. The van der Waals surface area contributed by atoms with E-state index in [4.69, 9.17) is 0 Å². The maximum Gasteiger partial charge on any atom is 0.0781 e. The highest BCUT2D eigenvalue weighted by Gasteiger charge is 2.24. The van der Waals surface area contributed by atoms with Crippen molar-refractivity contribution < 1.29 is 5.11 Å². The van der Waals surface area contributed by atoms with Crippen LogP contribution >= 0.6 is 0 Å². The van der Waals surface area contributed by atoms with Gasteiger partial charge in [0.15, 0.2) is 0 Å². The van der Waals surface area contributed by atoms with Gasteiger partial charge in [0.25, 0.3) is 0 Å². The van der Waals surface area contributed by atoms with Crippen LogP contribution in [0.25, 0.3) is 0 Å². The zero-order valence-electron chi connectivity index (χ0n) is 9.48. The number of aliphatic hydroxyl groups excluding tert-OH is 1. The van der Waals surface area contributed by atoms with Crippen molar-refractivity contribution in [3.63, 3.8) is 0 Å². The van der Waals surface area contributed by atoms with Crippen LogP contribution in [0.2, 0.25) is 0 Å². The van der Waals surface area contributed by atoms with Crippen LogP contribution in [0, 0.1) is 0 Å². The number of hydrogen-bond acceptors (Lipinski definition) is 2. The van der Waals surface area contributed by atoms with Crippen molar-refractivity contribution in [1.29, 1.82) is 0 Å². The van der Waals surface area contributed by atoms with Crippen LogP contribution in [-0.4, -0.2) is 18.2 Å². The molecule has 1 atom stereocenters. The van der Waals surface area contributed by atoms with Crippen LogP contribution in [0.1, 0.15) is 37.9 Å². The summed E-state index contributed by atoms with van der Waals surface area (Å²) in [5, 5.41) is 9.70. The second-order valence-corrected chi connectivity index (χ2v) is 4.43. The number of anilines is 1. The van der Waals surface area contributed by atoms with Gasteiger partial charge < -0.3 is 10.0 Å². The fourth-order valence-corrected chi connectivity index (χ4v) is 2.13. The van der Waals surface area contributed by atoms with Crippen molar-refractivity contribution >= 4 is 5.69 Å². The number of benzene rings is 1. The lowest BCUT2D eigenvalue weighted by atomic mass is 9.91. The summed E-state index contributed by atoms with van der Waals surface area (Å²) < 4.78 is 0. The standard InChI is InChI=1S/C13H19NO/c1-10(15)12-8-3-4-9-13(12)14(2)11-6-5-7-11/h3-4,8-11,15H,5-7H2,1-2H3/t10-/m0/s1. The first-order valence-electron chi connectivity index (χ1n) is 5.70. The summed E-state index contributed by atoms with van der Waals surface area (Å²) >= 11 is 0. The molecule has 0 amide bonds. The minimum absolute atomic E-state index is 0.385. The van der Waals surface area contributed by atoms with Crippen LogP contribution in [0.4, 0.5) is 5.69 Å². The molecule has 0 saturated heterocycles. The highest BCUT2D eigenvalue weighted by Crippen LogP contribution is 2.32. The monoisotopic (exact) mass is 205 g/mol. The Labute approximate surface area is 91.5 Å². The molecule has 0 bridgehead atoms. The molecule has 2 rings (SSSR count).